The Morgan fingerprint density at radius 3 is 2.50 bits per heavy atom. The van der Waals surface area contributed by atoms with Crippen molar-refractivity contribution in [3.8, 4) is 0 Å². The van der Waals surface area contributed by atoms with Crippen molar-refractivity contribution in [2.24, 2.45) is 0 Å². The lowest BCUT2D eigenvalue weighted by Gasteiger charge is -2.25. The summed E-state index contributed by atoms with van der Waals surface area (Å²) in [6.07, 6.45) is -2.89. The number of anilines is 1. The summed E-state index contributed by atoms with van der Waals surface area (Å²) < 4.78 is 44.3. The third kappa shape index (κ3) is 3.38. The van der Waals surface area contributed by atoms with Gasteiger partial charge in [-0.05, 0) is 31.0 Å². The van der Waals surface area contributed by atoms with Gasteiger partial charge in [0.1, 0.15) is 0 Å². The van der Waals surface area contributed by atoms with E-state index in [2.05, 4.69) is 21.2 Å². The molecule has 0 saturated carbocycles. The number of hydrogen-bond donors (Lipinski definition) is 1. The Morgan fingerprint density at radius 1 is 1.22 bits per heavy atom. The summed E-state index contributed by atoms with van der Waals surface area (Å²) in [5.74, 6) is 0. The van der Waals surface area contributed by atoms with Gasteiger partial charge in [-0.1, -0.05) is 15.9 Å². The zero-order valence-corrected chi connectivity index (χ0v) is 11.1. The molecule has 0 radical (unpaired) electrons. The number of rotatable bonds is 2. The summed E-state index contributed by atoms with van der Waals surface area (Å²) in [5, 5.41) is 2.96. The van der Waals surface area contributed by atoms with E-state index < -0.39 is 11.7 Å². The molecule has 0 atom stereocenters. The van der Waals surface area contributed by atoms with E-state index in [4.69, 9.17) is 4.74 Å². The molecule has 100 valence electrons. The molecule has 1 fully saturated rings. The Bertz CT molecular complexity index is 416. The van der Waals surface area contributed by atoms with E-state index in [1.807, 2.05) is 0 Å². The summed E-state index contributed by atoms with van der Waals surface area (Å²) in [7, 11) is 0. The predicted molar refractivity (Wildman–Crippen MR) is 66.6 cm³/mol. The number of ether oxygens (including phenoxy) is 1. The van der Waals surface area contributed by atoms with Crippen LogP contribution >= 0.6 is 15.9 Å². The summed E-state index contributed by atoms with van der Waals surface area (Å²) in [5.41, 5.74) is -0.499. The van der Waals surface area contributed by atoms with Gasteiger partial charge in [-0.2, -0.15) is 13.2 Å². The normalized spacial score (nSPS) is 17.8. The SMILES string of the molecule is FC(F)(F)c1cc(Br)ccc1NC1CCOCC1. The first-order chi connectivity index (χ1) is 8.47. The summed E-state index contributed by atoms with van der Waals surface area (Å²) in [4.78, 5) is 0. The standard InChI is InChI=1S/C12H13BrF3NO/c13-8-1-2-11(10(7-8)12(14,15)16)17-9-3-5-18-6-4-9/h1-2,7,9,17H,3-6H2. The minimum atomic E-state index is -4.35. The molecule has 0 aliphatic carbocycles. The molecular formula is C12H13BrF3NO. The maximum absolute atomic E-state index is 12.9. The van der Waals surface area contributed by atoms with Gasteiger partial charge in [-0.3, -0.25) is 0 Å². The van der Waals surface area contributed by atoms with Crippen LogP contribution in [-0.4, -0.2) is 19.3 Å². The molecule has 0 amide bonds. The highest BCUT2D eigenvalue weighted by Crippen LogP contribution is 2.37. The first-order valence-corrected chi connectivity index (χ1v) is 6.47. The van der Waals surface area contributed by atoms with Gasteiger partial charge in [0.25, 0.3) is 0 Å². The molecule has 1 aliphatic heterocycles. The monoisotopic (exact) mass is 323 g/mol. The largest absolute Gasteiger partial charge is 0.418 e. The van der Waals surface area contributed by atoms with Crippen LogP contribution in [0.1, 0.15) is 18.4 Å². The van der Waals surface area contributed by atoms with E-state index in [1.165, 1.54) is 6.07 Å². The van der Waals surface area contributed by atoms with Crippen LogP contribution in [0.15, 0.2) is 22.7 Å². The van der Waals surface area contributed by atoms with Crippen molar-refractivity contribution in [1.29, 1.82) is 0 Å². The van der Waals surface area contributed by atoms with E-state index >= 15 is 0 Å². The Balaban J connectivity index is 2.21. The third-order valence-electron chi connectivity index (χ3n) is 2.87. The predicted octanol–water partition coefficient (Wildman–Crippen LogP) is 4.06. The second kappa shape index (κ2) is 5.48. The first-order valence-electron chi connectivity index (χ1n) is 5.68. The van der Waals surface area contributed by atoms with Crippen LogP contribution in [0.4, 0.5) is 18.9 Å². The molecule has 1 aromatic rings. The van der Waals surface area contributed by atoms with Gasteiger partial charge < -0.3 is 10.1 Å². The Morgan fingerprint density at radius 2 is 1.89 bits per heavy atom. The molecule has 0 aromatic heterocycles. The van der Waals surface area contributed by atoms with Crippen LogP contribution in [-0.2, 0) is 10.9 Å². The van der Waals surface area contributed by atoms with E-state index in [0.717, 1.165) is 18.9 Å². The highest BCUT2D eigenvalue weighted by Gasteiger charge is 2.34. The summed E-state index contributed by atoms with van der Waals surface area (Å²) in [6.45, 7) is 1.19. The lowest BCUT2D eigenvalue weighted by atomic mass is 10.1. The zero-order valence-electron chi connectivity index (χ0n) is 9.56. The van der Waals surface area contributed by atoms with Crippen LogP contribution < -0.4 is 5.32 Å². The highest BCUT2D eigenvalue weighted by molar-refractivity contribution is 9.10. The van der Waals surface area contributed by atoms with Crippen molar-refractivity contribution in [3.05, 3.63) is 28.2 Å². The minimum absolute atomic E-state index is 0.0426. The fraction of sp³-hybridized carbons (Fsp3) is 0.500. The van der Waals surface area contributed by atoms with Crippen molar-refractivity contribution < 1.29 is 17.9 Å². The lowest BCUT2D eigenvalue weighted by molar-refractivity contribution is -0.137. The molecular weight excluding hydrogens is 311 g/mol. The van der Waals surface area contributed by atoms with Gasteiger partial charge in [-0.25, -0.2) is 0 Å². The number of halogens is 4. The number of benzene rings is 1. The molecule has 1 aliphatic rings. The summed E-state index contributed by atoms with van der Waals surface area (Å²) >= 11 is 3.07. The molecule has 1 heterocycles. The molecule has 0 bridgehead atoms. The van der Waals surface area contributed by atoms with E-state index in [1.54, 1.807) is 6.07 Å². The molecule has 1 saturated heterocycles. The molecule has 0 unspecified atom stereocenters. The van der Waals surface area contributed by atoms with Gasteiger partial charge in [-0.15, -0.1) is 0 Å². The van der Waals surface area contributed by atoms with Crippen molar-refractivity contribution in [2.45, 2.75) is 25.1 Å². The van der Waals surface area contributed by atoms with Crippen molar-refractivity contribution >= 4 is 21.6 Å². The van der Waals surface area contributed by atoms with Crippen LogP contribution in [0, 0.1) is 0 Å². The van der Waals surface area contributed by atoms with Crippen LogP contribution in [0.2, 0.25) is 0 Å². The van der Waals surface area contributed by atoms with Crippen molar-refractivity contribution in [2.75, 3.05) is 18.5 Å². The van der Waals surface area contributed by atoms with Crippen molar-refractivity contribution in [1.82, 2.24) is 0 Å². The van der Waals surface area contributed by atoms with Gasteiger partial charge in [0.15, 0.2) is 0 Å². The quantitative estimate of drug-likeness (QED) is 0.886. The fourth-order valence-electron chi connectivity index (χ4n) is 1.94. The molecule has 6 heteroatoms. The average Bonchev–Trinajstić information content (AvgIpc) is 2.31. The van der Waals surface area contributed by atoms with E-state index in [0.29, 0.717) is 17.7 Å². The second-order valence-corrected chi connectivity index (χ2v) is 5.13. The fourth-order valence-corrected chi connectivity index (χ4v) is 2.30. The molecule has 2 nitrogen and oxygen atoms in total. The second-order valence-electron chi connectivity index (χ2n) is 4.22. The zero-order chi connectivity index (χ0) is 13.2. The maximum atomic E-state index is 12.9. The lowest BCUT2D eigenvalue weighted by Crippen LogP contribution is -2.28. The van der Waals surface area contributed by atoms with Crippen molar-refractivity contribution in [3.63, 3.8) is 0 Å². The van der Waals surface area contributed by atoms with Gasteiger partial charge in [0.05, 0.1) is 5.56 Å². The Kier molecular flexibility index (Phi) is 4.17. The molecule has 1 aromatic carbocycles. The summed E-state index contributed by atoms with van der Waals surface area (Å²) in [6, 6.07) is 4.21. The van der Waals surface area contributed by atoms with E-state index in [9.17, 15) is 13.2 Å². The van der Waals surface area contributed by atoms with E-state index in [-0.39, 0.29) is 11.7 Å². The highest BCUT2D eigenvalue weighted by atomic mass is 79.9. The first kappa shape index (κ1) is 13.7. The number of alkyl halides is 3. The molecule has 2 rings (SSSR count). The van der Waals surface area contributed by atoms with Crippen LogP contribution in [0.25, 0.3) is 0 Å². The minimum Gasteiger partial charge on any atom is -0.382 e. The molecule has 1 N–H and O–H groups in total. The van der Waals surface area contributed by atoms with Crippen LogP contribution in [0.3, 0.4) is 0 Å². The van der Waals surface area contributed by atoms with Gasteiger partial charge in [0, 0.05) is 29.4 Å². The van der Waals surface area contributed by atoms with Crippen LogP contribution in [0.5, 0.6) is 0 Å². The van der Waals surface area contributed by atoms with Gasteiger partial charge >= 0.3 is 6.18 Å². The Labute approximate surface area is 112 Å². The smallest absolute Gasteiger partial charge is 0.382 e. The topological polar surface area (TPSA) is 21.3 Å². The average molecular weight is 324 g/mol. The number of hydrogen-bond acceptors (Lipinski definition) is 2. The maximum Gasteiger partial charge on any atom is 0.418 e. The Hall–Kier alpha value is -0.750. The van der Waals surface area contributed by atoms with Gasteiger partial charge in [0.2, 0.25) is 0 Å². The molecule has 18 heavy (non-hydrogen) atoms. The molecule has 0 spiro atoms. The number of nitrogens with one attached hydrogen (secondary N) is 1. The third-order valence-corrected chi connectivity index (χ3v) is 3.36.